The number of hydrogen-bond acceptors (Lipinski definition) is 4. The van der Waals surface area contributed by atoms with E-state index in [1.165, 1.54) is 0 Å². The molecule has 2 amide bonds. The molecular formula is C10H16N6O. The lowest BCUT2D eigenvalue weighted by Crippen LogP contribution is -2.39. The van der Waals surface area contributed by atoms with Crippen molar-refractivity contribution < 1.29 is 4.79 Å². The third-order valence-corrected chi connectivity index (χ3v) is 3.56. The lowest BCUT2D eigenvalue weighted by molar-refractivity contribution is 0.205. The Morgan fingerprint density at radius 1 is 1.47 bits per heavy atom. The van der Waals surface area contributed by atoms with Crippen LogP contribution < -0.4 is 10.6 Å². The van der Waals surface area contributed by atoms with Crippen LogP contribution in [0.5, 0.6) is 0 Å². The summed E-state index contributed by atoms with van der Waals surface area (Å²) in [7, 11) is 0. The summed E-state index contributed by atoms with van der Waals surface area (Å²) in [6.07, 6.45) is 1.61. The van der Waals surface area contributed by atoms with Crippen LogP contribution >= 0.6 is 0 Å². The molecule has 2 saturated heterocycles. The number of aromatic nitrogens is 3. The van der Waals surface area contributed by atoms with Gasteiger partial charge in [-0.05, 0) is 11.8 Å². The fourth-order valence-electron chi connectivity index (χ4n) is 2.61. The Balaban J connectivity index is 1.50. The minimum Gasteiger partial charge on any atom is -0.332 e. The Labute approximate surface area is 98.9 Å². The number of fused-ring (bicyclic) bond motifs is 1. The van der Waals surface area contributed by atoms with Gasteiger partial charge < -0.3 is 15.5 Å². The molecule has 0 aromatic carbocycles. The summed E-state index contributed by atoms with van der Waals surface area (Å²) in [4.78, 5) is 13.8. The van der Waals surface area contributed by atoms with Crippen molar-refractivity contribution in [1.82, 2.24) is 30.9 Å². The second-order valence-corrected chi connectivity index (χ2v) is 4.70. The molecule has 2 fully saturated rings. The molecule has 0 aliphatic carbocycles. The summed E-state index contributed by atoms with van der Waals surface area (Å²) in [5.41, 5.74) is 0.749. The van der Waals surface area contributed by atoms with Crippen molar-refractivity contribution in [2.24, 2.45) is 11.8 Å². The lowest BCUT2D eigenvalue weighted by Gasteiger charge is -2.17. The molecule has 0 bridgehead atoms. The number of amides is 2. The van der Waals surface area contributed by atoms with Gasteiger partial charge in [-0.2, -0.15) is 15.4 Å². The number of carbonyl (C=O) groups excluding carboxylic acids is 1. The first-order chi connectivity index (χ1) is 8.33. The van der Waals surface area contributed by atoms with E-state index in [0.29, 0.717) is 18.4 Å². The van der Waals surface area contributed by atoms with Gasteiger partial charge in [0.1, 0.15) is 5.69 Å². The molecular weight excluding hydrogens is 220 g/mol. The van der Waals surface area contributed by atoms with E-state index < -0.39 is 0 Å². The van der Waals surface area contributed by atoms with Gasteiger partial charge in [0.25, 0.3) is 0 Å². The Morgan fingerprint density at radius 2 is 2.24 bits per heavy atom. The highest BCUT2D eigenvalue weighted by Gasteiger charge is 2.37. The van der Waals surface area contributed by atoms with Gasteiger partial charge in [0.2, 0.25) is 0 Å². The summed E-state index contributed by atoms with van der Waals surface area (Å²) in [5.74, 6) is 1.26. The van der Waals surface area contributed by atoms with Gasteiger partial charge in [-0.25, -0.2) is 4.79 Å². The van der Waals surface area contributed by atoms with E-state index >= 15 is 0 Å². The minimum absolute atomic E-state index is 0.00222. The van der Waals surface area contributed by atoms with Crippen molar-refractivity contribution in [3.05, 3.63) is 11.9 Å². The standard InChI is InChI=1S/C10H16N6O/c17-10(12-3-9-4-13-15-14-9)16-5-7-1-11-2-8(7)6-16/h4,7-8,11H,1-3,5-6H2,(H,12,17)(H,13,14,15)/t7-,8+. The first-order valence-corrected chi connectivity index (χ1v) is 5.91. The van der Waals surface area contributed by atoms with E-state index in [0.717, 1.165) is 31.9 Å². The molecule has 0 saturated carbocycles. The van der Waals surface area contributed by atoms with Crippen LogP contribution in [0.4, 0.5) is 4.79 Å². The van der Waals surface area contributed by atoms with Crippen molar-refractivity contribution in [2.75, 3.05) is 26.2 Å². The van der Waals surface area contributed by atoms with E-state index in [1.807, 2.05) is 4.90 Å². The third kappa shape index (κ3) is 2.10. The zero-order chi connectivity index (χ0) is 11.7. The summed E-state index contributed by atoms with van der Waals surface area (Å²) in [5, 5.41) is 16.3. The molecule has 3 rings (SSSR count). The lowest BCUT2D eigenvalue weighted by atomic mass is 10.0. The first-order valence-electron chi connectivity index (χ1n) is 5.91. The number of rotatable bonds is 2. The second kappa shape index (κ2) is 4.33. The summed E-state index contributed by atoms with van der Waals surface area (Å²) in [6.45, 7) is 4.24. The molecule has 2 atom stereocenters. The Morgan fingerprint density at radius 3 is 2.88 bits per heavy atom. The van der Waals surface area contributed by atoms with Crippen LogP contribution in [-0.4, -0.2) is 52.5 Å². The fourth-order valence-corrected chi connectivity index (χ4v) is 2.61. The van der Waals surface area contributed by atoms with Crippen LogP contribution in [0.3, 0.4) is 0 Å². The van der Waals surface area contributed by atoms with E-state index in [4.69, 9.17) is 0 Å². The zero-order valence-corrected chi connectivity index (χ0v) is 9.52. The van der Waals surface area contributed by atoms with Gasteiger partial charge in [-0.1, -0.05) is 0 Å². The van der Waals surface area contributed by atoms with Crippen LogP contribution in [0.2, 0.25) is 0 Å². The quantitative estimate of drug-likeness (QED) is 0.625. The van der Waals surface area contributed by atoms with Crippen molar-refractivity contribution in [2.45, 2.75) is 6.54 Å². The Hall–Kier alpha value is -1.63. The summed E-state index contributed by atoms with van der Waals surface area (Å²) in [6, 6.07) is 0.00222. The van der Waals surface area contributed by atoms with Crippen LogP contribution in [0.25, 0.3) is 0 Å². The summed E-state index contributed by atoms with van der Waals surface area (Å²) >= 11 is 0. The topological polar surface area (TPSA) is 85.9 Å². The molecule has 3 heterocycles. The number of likely N-dealkylation sites (tertiary alicyclic amines) is 1. The van der Waals surface area contributed by atoms with Gasteiger partial charge in [-0.3, -0.25) is 0 Å². The molecule has 17 heavy (non-hydrogen) atoms. The SMILES string of the molecule is O=C(NCc1cn[nH]n1)N1C[C@H]2CNC[C@H]2C1. The van der Waals surface area contributed by atoms with Crippen LogP contribution in [0, 0.1) is 11.8 Å². The average molecular weight is 236 g/mol. The van der Waals surface area contributed by atoms with Gasteiger partial charge in [0, 0.05) is 26.2 Å². The fraction of sp³-hybridized carbons (Fsp3) is 0.700. The molecule has 3 N–H and O–H groups in total. The monoisotopic (exact) mass is 236 g/mol. The number of nitrogens with zero attached hydrogens (tertiary/aromatic N) is 3. The average Bonchev–Trinajstić information content (AvgIpc) is 3.01. The van der Waals surface area contributed by atoms with Crippen molar-refractivity contribution >= 4 is 6.03 Å². The van der Waals surface area contributed by atoms with Crippen LogP contribution in [-0.2, 0) is 6.54 Å². The van der Waals surface area contributed by atoms with Crippen molar-refractivity contribution in [1.29, 1.82) is 0 Å². The molecule has 1 aromatic rings. The molecule has 1 aromatic heterocycles. The smallest absolute Gasteiger partial charge is 0.317 e. The van der Waals surface area contributed by atoms with Crippen LogP contribution in [0.15, 0.2) is 6.20 Å². The highest BCUT2D eigenvalue weighted by atomic mass is 16.2. The first kappa shape index (κ1) is 10.5. The number of nitrogens with one attached hydrogen (secondary N) is 3. The maximum absolute atomic E-state index is 11.9. The largest absolute Gasteiger partial charge is 0.332 e. The van der Waals surface area contributed by atoms with Crippen molar-refractivity contribution in [3.63, 3.8) is 0 Å². The number of carbonyl (C=O) groups is 1. The molecule has 0 radical (unpaired) electrons. The minimum atomic E-state index is 0.00222. The van der Waals surface area contributed by atoms with Gasteiger partial charge in [0.05, 0.1) is 12.7 Å². The third-order valence-electron chi connectivity index (χ3n) is 3.56. The molecule has 7 nitrogen and oxygen atoms in total. The molecule has 7 heteroatoms. The van der Waals surface area contributed by atoms with E-state index in [-0.39, 0.29) is 6.03 Å². The summed E-state index contributed by atoms with van der Waals surface area (Å²) < 4.78 is 0. The maximum atomic E-state index is 11.9. The zero-order valence-electron chi connectivity index (χ0n) is 9.52. The predicted molar refractivity (Wildman–Crippen MR) is 60.0 cm³/mol. The molecule has 2 aliphatic rings. The highest BCUT2D eigenvalue weighted by molar-refractivity contribution is 5.74. The molecule has 92 valence electrons. The molecule has 0 spiro atoms. The normalized spacial score (nSPS) is 27.2. The van der Waals surface area contributed by atoms with Crippen LogP contribution in [0.1, 0.15) is 5.69 Å². The Kier molecular flexibility index (Phi) is 2.68. The van der Waals surface area contributed by atoms with Gasteiger partial charge >= 0.3 is 6.03 Å². The van der Waals surface area contributed by atoms with E-state index in [9.17, 15) is 4.79 Å². The number of H-pyrrole nitrogens is 1. The maximum Gasteiger partial charge on any atom is 0.317 e. The van der Waals surface area contributed by atoms with E-state index in [1.54, 1.807) is 6.20 Å². The molecule has 0 unspecified atom stereocenters. The van der Waals surface area contributed by atoms with Crippen molar-refractivity contribution in [3.8, 4) is 0 Å². The van der Waals surface area contributed by atoms with E-state index in [2.05, 4.69) is 26.0 Å². The predicted octanol–water partition coefficient (Wildman–Crippen LogP) is -0.834. The number of aromatic amines is 1. The van der Waals surface area contributed by atoms with Gasteiger partial charge in [-0.15, -0.1) is 0 Å². The molecule has 2 aliphatic heterocycles. The number of hydrogen-bond donors (Lipinski definition) is 3. The van der Waals surface area contributed by atoms with Gasteiger partial charge in [0.15, 0.2) is 0 Å². The Bertz CT molecular complexity index is 380. The second-order valence-electron chi connectivity index (χ2n) is 4.70. The number of urea groups is 1. The highest BCUT2D eigenvalue weighted by Crippen LogP contribution is 2.25.